The number of hydrogen-bond donors (Lipinski definition) is 2. The number of aryl methyl sites for hydroxylation is 2. The van der Waals surface area contributed by atoms with Crippen molar-refractivity contribution in [1.82, 2.24) is 9.78 Å². The van der Waals surface area contributed by atoms with Gasteiger partial charge in [-0.2, -0.15) is 5.10 Å². The van der Waals surface area contributed by atoms with Gasteiger partial charge in [-0.3, -0.25) is 9.59 Å². The highest BCUT2D eigenvalue weighted by Crippen LogP contribution is 2.17. The molecular weight excluding hydrogens is 396 g/mol. The molecule has 1 atom stereocenters. The average molecular weight is 423 g/mol. The second kappa shape index (κ2) is 10.1. The number of rotatable bonds is 8. The number of hydrogen-bond acceptors (Lipinski definition) is 4. The molecule has 0 aliphatic heterocycles. The minimum absolute atomic E-state index is 0.131. The third-order valence-corrected chi connectivity index (χ3v) is 5.69. The van der Waals surface area contributed by atoms with Gasteiger partial charge in [0.1, 0.15) is 5.82 Å². The Bertz CT molecular complexity index is 1010. The summed E-state index contributed by atoms with van der Waals surface area (Å²) in [5, 5.41) is 9.69. The van der Waals surface area contributed by atoms with Crippen LogP contribution in [0.4, 0.5) is 11.5 Å². The zero-order valence-corrected chi connectivity index (χ0v) is 18.2. The summed E-state index contributed by atoms with van der Waals surface area (Å²) < 4.78 is 1.76. The Balaban J connectivity index is 1.50. The van der Waals surface area contributed by atoms with Crippen LogP contribution in [0.15, 0.2) is 60.8 Å². The van der Waals surface area contributed by atoms with Crippen molar-refractivity contribution in [3.05, 3.63) is 77.5 Å². The van der Waals surface area contributed by atoms with E-state index in [2.05, 4.69) is 21.8 Å². The Morgan fingerprint density at radius 2 is 1.80 bits per heavy atom. The lowest BCUT2D eigenvalue weighted by atomic mass is 10.1. The summed E-state index contributed by atoms with van der Waals surface area (Å²) in [5.74, 6) is 0.547. The van der Waals surface area contributed by atoms with Crippen LogP contribution in [-0.2, 0) is 16.1 Å². The lowest BCUT2D eigenvalue weighted by Crippen LogP contribution is -2.26. The maximum absolute atomic E-state index is 12.6. The third kappa shape index (κ3) is 6.22. The molecule has 3 rings (SSSR count). The van der Waals surface area contributed by atoms with Crippen molar-refractivity contribution in [2.24, 2.45) is 0 Å². The first-order chi connectivity index (χ1) is 14.4. The van der Waals surface area contributed by atoms with Gasteiger partial charge in [0.05, 0.1) is 23.7 Å². The SMILES string of the molecule is Cc1ccc(NC(=O)CSC(C)C(=O)Nc2ccnn2Cc2cccc(C)c2)cc1. The maximum Gasteiger partial charge on any atom is 0.238 e. The van der Waals surface area contributed by atoms with E-state index in [1.54, 1.807) is 23.9 Å². The van der Waals surface area contributed by atoms with E-state index < -0.39 is 0 Å². The highest BCUT2D eigenvalue weighted by atomic mass is 32.2. The van der Waals surface area contributed by atoms with E-state index in [-0.39, 0.29) is 22.8 Å². The summed E-state index contributed by atoms with van der Waals surface area (Å²) in [5.41, 5.74) is 4.18. The lowest BCUT2D eigenvalue weighted by molar-refractivity contribution is -0.115. The molecule has 2 amide bonds. The van der Waals surface area contributed by atoms with E-state index in [9.17, 15) is 9.59 Å². The number of amides is 2. The monoisotopic (exact) mass is 422 g/mol. The predicted molar refractivity (Wildman–Crippen MR) is 123 cm³/mol. The Labute approximate surface area is 181 Å². The molecule has 0 spiro atoms. The molecule has 0 saturated carbocycles. The Hall–Kier alpha value is -3.06. The maximum atomic E-state index is 12.6. The third-order valence-electron chi connectivity index (χ3n) is 4.55. The second-order valence-corrected chi connectivity index (χ2v) is 8.55. The van der Waals surface area contributed by atoms with Gasteiger partial charge >= 0.3 is 0 Å². The molecule has 1 heterocycles. The van der Waals surface area contributed by atoms with Gasteiger partial charge in [0.25, 0.3) is 0 Å². The molecular formula is C23H26N4O2S. The van der Waals surface area contributed by atoms with E-state index >= 15 is 0 Å². The van der Waals surface area contributed by atoms with Crippen molar-refractivity contribution in [1.29, 1.82) is 0 Å². The molecule has 0 radical (unpaired) electrons. The van der Waals surface area contributed by atoms with Crippen LogP contribution in [0.3, 0.4) is 0 Å². The quantitative estimate of drug-likeness (QED) is 0.569. The topological polar surface area (TPSA) is 76.0 Å². The average Bonchev–Trinajstić information content (AvgIpc) is 3.14. The van der Waals surface area contributed by atoms with Gasteiger partial charge in [0.2, 0.25) is 11.8 Å². The molecule has 2 aromatic carbocycles. The summed E-state index contributed by atoms with van der Waals surface area (Å²) in [6.45, 7) is 6.41. The molecule has 2 N–H and O–H groups in total. The number of benzene rings is 2. The van der Waals surface area contributed by atoms with Gasteiger partial charge in [0.15, 0.2) is 0 Å². The first-order valence-corrected chi connectivity index (χ1v) is 10.8. The number of nitrogens with one attached hydrogen (secondary N) is 2. The van der Waals surface area contributed by atoms with Crippen molar-refractivity contribution in [2.45, 2.75) is 32.6 Å². The van der Waals surface area contributed by atoms with Crippen LogP contribution in [-0.4, -0.2) is 32.6 Å². The van der Waals surface area contributed by atoms with E-state index in [0.29, 0.717) is 12.4 Å². The van der Waals surface area contributed by atoms with Gasteiger partial charge in [-0.15, -0.1) is 11.8 Å². The summed E-state index contributed by atoms with van der Waals surface area (Å²) in [6.07, 6.45) is 1.66. The predicted octanol–water partition coefficient (Wildman–Crippen LogP) is 4.25. The first kappa shape index (κ1) is 21.6. The normalized spacial score (nSPS) is 11.7. The van der Waals surface area contributed by atoms with Crippen LogP contribution in [0, 0.1) is 13.8 Å². The summed E-state index contributed by atoms with van der Waals surface area (Å²) in [7, 11) is 0. The summed E-state index contributed by atoms with van der Waals surface area (Å²) in [6, 6.07) is 17.6. The zero-order valence-electron chi connectivity index (χ0n) is 17.4. The molecule has 3 aromatic rings. The van der Waals surface area contributed by atoms with Crippen molar-refractivity contribution >= 4 is 35.1 Å². The van der Waals surface area contributed by atoms with Crippen molar-refractivity contribution in [3.8, 4) is 0 Å². The molecule has 0 bridgehead atoms. The Morgan fingerprint density at radius 1 is 1.03 bits per heavy atom. The van der Waals surface area contributed by atoms with Crippen molar-refractivity contribution < 1.29 is 9.59 Å². The van der Waals surface area contributed by atoms with Crippen LogP contribution < -0.4 is 10.6 Å². The van der Waals surface area contributed by atoms with Crippen LogP contribution in [0.25, 0.3) is 0 Å². The van der Waals surface area contributed by atoms with Gasteiger partial charge in [-0.05, 0) is 38.5 Å². The fraction of sp³-hybridized carbons (Fsp3) is 0.261. The van der Waals surface area contributed by atoms with Gasteiger partial charge in [-0.25, -0.2) is 4.68 Å². The number of anilines is 2. The molecule has 0 aliphatic rings. The zero-order chi connectivity index (χ0) is 21.5. The van der Waals surface area contributed by atoms with Crippen LogP contribution in [0.2, 0.25) is 0 Å². The molecule has 0 saturated heterocycles. The lowest BCUT2D eigenvalue weighted by Gasteiger charge is -2.13. The van der Waals surface area contributed by atoms with Crippen molar-refractivity contribution in [3.63, 3.8) is 0 Å². The highest BCUT2D eigenvalue weighted by molar-refractivity contribution is 8.01. The molecule has 6 nitrogen and oxygen atoms in total. The van der Waals surface area contributed by atoms with Crippen LogP contribution in [0.5, 0.6) is 0 Å². The molecule has 156 valence electrons. The van der Waals surface area contributed by atoms with Crippen LogP contribution >= 0.6 is 11.8 Å². The molecule has 1 aromatic heterocycles. The number of thioether (sulfide) groups is 1. The van der Waals surface area contributed by atoms with E-state index in [1.165, 1.54) is 17.3 Å². The number of nitrogens with zero attached hydrogens (tertiary/aromatic N) is 2. The van der Waals surface area contributed by atoms with E-state index in [1.807, 2.05) is 56.3 Å². The standard InChI is InChI=1S/C23H26N4O2S/c1-16-7-9-20(10-8-16)25-22(28)15-30-18(3)23(29)26-21-11-12-24-27(21)14-19-6-4-5-17(2)13-19/h4-13,18H,14-15H2,1-3H3,(H,25,28)(H,26,29). The minimum Gasteiger partial charge on any atom is -0.325 e. The summed E-state index contributed by atoms with van der Waals surface area (Å²) >= 11 is 1.29. The van der Waals surface area contributed by atoms with Crippen molar-refractivity contribution in [2.75, 3.05) is 16.4 Å². The minimum atomic E-state index is -0.379. The Morgan fingerprint density at radius 3 is 2.53 bits per heavy atom. The molecule has 0 fully saturated rings. The Kier molecular flexibility index (Phi) is 7.30. The van der Waals surface area contributed by atoms with E-state index in [0.717, 1.165) is 16.8 Å². The van der Waals surface area contributed by atoms with Crippen LogP contribution in [0.1, 0.15) is 23.6 Å². The number of carbonyl (C=O) groups is 2. The molecule has 30 heavy (non-hydrogen) atoms. The fourth-order valence-electron chi connectivity index (χ4n) is 2.89. The fourth-order valence-corrected chi connectivity index (χ4v) is 3.57. The number of aromatic nitrogens is 2. The smallest absolute Gasteiger partial charge is 0.238 e. The van der Waals surface area contributed by atoms with Gasteiger partial charge < -0.3 is 10.6 Å². The highest BCUT2D eigenvalue weighted by Gasteiger charge is 2.17. The molecule has 1 unspecified atom stereocenters. The van der Waals surface area contributed by atoms with Gasteiger partial charge in [-0.1, -0.05) is 47.5 Å². The molecule has 0 aliphatic carbocycles. The second-order valence-electron chi connectivity index (χ2n) is 7.22. The summed E-state index contributed by atoms with van der Waals surface area (Å²) in [4.78, 5) is 24.7. The van der Waals surface area contributed by atoms with Gasteiger partial charge in [0, 0.05) is 11.8 Å². The molecule has 7 heteroatoms. The first-order valence-electron chi connectivity index (χ1n) is 9.77. The largest absolute Gasteiger partial charge is 0.325 e. The number of carbonyl (C=O) groups excluding carboxylic acids is 2. The van der Waals surface area contributed by atoms with E-state index in [4.69, 9.17) is 0 Å².